The van der Waals surface area contributed by atoms with Crippen molar-refractivity contribution in [2.45, 2.75) is 13.8 Å². The van der Waals surface area contributed by atoms with E-state index in [1.807, 2.05) is 42.5 Å². The van der Waals surface area contributed by atoms with Gasteiger partial charge in [0.15, 0.2) is 0 Å². The van der Waals surface area contributed by atoms with Gasteiger partial charge in [-0.25, -0.2) is 14.8 Å². The van der Waals surface area contributed by atoms with E-state index in [0.29, 0.717) is 23.1 Å². The Balaban J connectivity index is 1.94. The highest BCUT2D eigenvalue weighted by Gasteiger charge is 2.22. The molecule has 0 fully saturated rings. The predicted molar refractivity (Wildman–Crippen MR) is 114 cm³/mol. The molecule has 0 aliphatic carbocycles. The molecule has 2 heterocycles. The summed E-state index contributed by atoms with van der Waals surface area (Å²) in [5.41, 5.74) is 3.87. The molecule has 2 aromatic carbocycles. The normalized spacial score (nSPS) is 10.9. The molecule has 0 aliphatic heterocycles. The van der Waals surface area contributed by atoms with Crippen LogP contribution in [0.5, 0.6) is 0 Å². The minimum Gasteiger partial charge on any atom is -0.437 e. The van der Waals surface area contributed by atoms with Crippen LogP contribution in [0.1, 0.15) is 13.8 Å². The fourth-order valence-corrected chi connectivity index (χ4v) is 3.19. The van der Waals surface area contributed by atoms with Gasteiger partial charge in [0.2, 0.25) is 11.8 Å². The zero-order chi connectivity index (χ0) is 20.2. The molecule has 29 heavy (non-hydrogen) atoms. The molecule has 4 aromatic rings. The average molecular weight is 384 g/mol. The van der Waals surface area contributed by atoms with Crippen LogP contribution in [-0.2, 0) is 4.79 Å². The van der Waals surface area contributed by atoms with Crippen molar-refractivity contribution in [2.24, 2.45) is 10.9 Å². The van der Waals surface area contributed by atoms with Crippen LogP contribution in [0.4, 0.5) is 11.5 Å². The predicted octanol–water partition coefficient (Wildman–Crippen LogP) is 5.59. The van der Waals surface area contributed by atoms with E-state index in [-0.39, 0.29) is 0 Å². The smallest absolute Gasteiger partial charge is 0.240 e. The van der Waals surface area contributed by atoms with Gasteiger partial charge in [-0.05, 0) is 35.7 Å². The Morgan fingerprint density at radius 1 is 1.03 bits per heavy atom. The number of hydrogen-bond acceptors (Lipinski definition) is 6. The Morgan fingerprint density at radius 3 is 2.48 bits per heavy atom. The van der Waals surface area contributed by atoms with Gasteiger partial charge >= 0.3 is 0 Å². The van der Waals surface area contributed by atoms with Crippen molar-refractivity contribution < 1.29 is 9.21 Å². The van der Waals surface area contributed by atoms with Gasteiger partial charge in [0.25, 0.3) is 0 Å². The molecule has 144 valence electrons. The Kier molecular flexibility index (Phi) is 5.18. The summed E-state index contributed by atoms with van der Waals surface area (Å²) in [5, 5.41) is 4.27. The van der Waals surface area contributed by atoms with E-state index in [2.05, 4.69) is 34.1 Å². The lowest BCUT2D eigenvalue weighted by atomic mass is 9.99. The molecule has 1 N–H and O–H groups in total. The monoisotopic (exact) mass is 384 g/mol. The third-order valence-corrected chi connectivity index (χ3v) is 4.53. The van der Waals surface area contributed by atoms with Crippen molar-refractivity contribution in [1.29, 1.82) is 0 Å². The van der Waals surface area contributed by atoms with Gasteiger partial charge in [0, 0.05) is 17.7 Å². The average Bonchev–Trinajstić information content (AvgIpc) is 3.14. The molecule has 4 rings (SSSR count). The van der Waals surface area contributed by atoms with Crippen LogP contribution in [0.3, 0.4) is 0 Å². The van der Waals surface area contributed by atoms with E-state index in [4.69, 9.17) is 4.42 Å². The first kappa shape index (κ1) is 18.6. The number of benzene rings is 2. The number of furan rings is 1. The highest BCUT2D eigenvalue weighted by atomic mass is 16.3. The maximum Gasteiger partial charge on any atom is 0.240 e. The minimum atomic E-state index is 0.470. The van der Waals surface area contributed by atoms with Gasteiger partial charge in [-0.2, -0.15) is 4.99 Å². The molecule has 0 atom stereocenters. The topological polar surface area (TPSA) is 80.4 Å². The Bertz CT molecular complexity index is 1170. The van der Waals surface area contributed by atoms with Crippen LogP contribution in [0.15, 0.2) is 70.3 Å². The van der Waals surface area contributed by atoms with Crippen molar-refractivity contribution in [1.82, 2.24) is 9.97 Å². The zero-order valence-electron chi connectivity index (χ0n) is 16.2. The molecule has 0 saturated heterocycles. The van der Waals surface area contributed by atoms with Gasteiger partial charge in [0.1, 0.15) is 17.9 Å². The number of fused-ring (bicyclic) bond motifs is 1. The molecule has 0 bridgehead atoms. The maximum atomic E-state index is 10.5. The number of isocyanates is 1. The summed E-state index contributed by atoms with van der Waals surface area (Å²) >= 11 is 0. The molecule has 0 aliphatic rings. The third kappa shape index (κ3) is 3.79. The molecule has 6 heteroatoms. The van der Waals surface area contributed by atoms with Crippen molar-refractivity contribution in [3.63, 3.8) is 0 Å². The number of rotatable bonds is 6. The third-order valence-electron chi connectivity index (χ3n) is 4.53. The first-order chi connectivity index (χ1) is 14.2. The molecule has 2 aromatic heterocycles. The molecular weight excluding hydrogens is 364 g/mol. The summed E-state index contributed by atoms with van der Waals surface area (Å²) in [6.07, 6.45) is 3.07. The maximum absolute atomic E-state index is 10.5. The summed E-state index contributed by atoms with van der Waals surface area (Å²) in [6, 6.07) is 17.3. The van der Waals surface area contributed by atoms with Crippen LogP contribution in [-0.4, -0.2) is 22.6 Å². The zero-order valence-corrected chi connectivity index (χ0v) is 16.2. The first-order valence-electron chi connectivity index (χ1n) is 9.42. The minimum absolute atomic E-state index is 0.470. The molecular formula is C23H20N4O2. The van der Waals surface area contributed by atoms with Crippen molar-refractivity contribution in [3.8, 4) is 22.5 Å². The van der Waals surface area contributed by atoms with Crippen molar-refractivity contribution in [2.75, 3.05) is 11.9 Å². The fourth-order valence-electron chi connectivity index (χ4n) is 3.19. The number of aromatic nitrogens is 2. The number of nitrogens with zero attached hydrogens (tertiary/aromatic N) is 3. The van der Waals surface area contributed by atoms with Crippen molar-refractivity contribution in [3.05, 3.63) is 60.9 Å². The lowest BCUT2D eigenvalue weighted by molar-refractivity contribution is 0.565. The quantitative estimate of drug-likeness (QED) is 0.346. The van der Waals surface area contributed by atoms with E-state index in [1.54, 1.807) is 18.2 Å². The lowest BCUT2D eigenvalue weighted by Gasteiger charge is -2.10. The molecule has 0 unspecified atom stereocenters. The van der Waals surface area contributed by atoms with E-state index in [9.17, 15) is 4.79 Å². The van der Waals surface area contributed by atoms with E-state index in [0.717, 1.165) is 34.4 Å². The number of anilines is 1. The lowest BCUT2D eigenvalue weighted by Crippen LogP contribution is -2.09. The Morgan fingerprint density at radius 2 is 1.79 bits per heavy atom. The standard InChI is InChI=1S/C23H20N4O2/c1-15(2)12-24-22-20-19(16-6-4-3-5-7-16)21(29-23(20)26-13-25-22)17-8-10-18(11-9-17)27-14-28/h3-11,13,15H,12H2,1-2H3,(H,24,25,26). The summed E-state index contributed by atoms with van der Waals surface area (Å²) in [7, 11) is 0. The Hall–Kier alpha value is -3.76. The number of carbonyl (C=O) groups excluding carboxylic acids is 1. The summed E-state index contributed by atoms with van der Waals surface area (Å²) < 4.78 is 6.19. The summed E-state index contributed by atoms with van der Waals surface area (Å²) in [4.78, 5) is 23.0. The second-order valence-electron chi connectivity index (χ2n) is 7.10. The van der Waals surface area contributed by atoms with Gasteiger partial charge in [-0.3, -0.25) is 0 Å². The van der Waals surface area contributed by atoms with E-state index in [1.165, 1.54) is 6.33 Å². The molecule has 0 radical (unpaired) electrons. The Labute approximate surface area is 168 Å². The van der Waals surface area contributed by atoms with Crippen LogP contribution in [0.2, 0.25) is 0 Å². The van der Waals surface area contributed by atoms with Crippen LogP contribution in [0.25, 0.3) is 33.6 Å². The second-order valence-corrected chi connectivity index (χ2v) is 7.10. The molecule has 0 spiro atoms. The van der Waals surface area contributed by atoms with Gasteiger partial charge in [-0.15, -0.1) is 0 Å². The first-order valence-corrected chi connectivity index (χ1v) is 9.42. The van der Waals surface area contributed by atoms with E-state index >= 15 is 0 Å². The summed E-state index contributed by atoms with van der Waals surface area (Å²) in [5.74, 6) is 1.91. The number of hydrogen-bond donors (Lipinski definition) is 1. The van der Waals surface area contributed by atoms with E-state index < -0.39 is 0 Å². The molecule has 0 amide bonds. The van der Waals surface area contributed by atoms with Crippen LogP contribution < -0.4 is 5.32 Å². The van der Waals surface area contributed by atoms with Gasteiger partial charge < -0.3 is 9.73 Å². The highest BCUT2D eigenvalue weighted by Crippen LogP contribution is 2.42. The van der Waals surface area contributed by atoms with Gasteiger partial charge in [-0.1, -0.05) is 44.2 Å². The van der Waals surface area contributed by atoms with Crippen LogP contribution in [0, 0.1) is 5.92 Å². The molecule has 6 nitrogen and oxygen atoms in total. The van der Waals surface area contributed by atoms with Crippen LogP contribution >= 0.6 is 0 Å². The number of nitrogens with one attached hydrogen (secondary N) is 1. The largest absolute Gasteiger partial charge is 0.437 e. The highest BCUT2D eigenvalue weighted by molar-refractivity contribution is 6.05. The SMILES string of the molecule is CC(C)CNc1ncnc2oc(-c3ccc(N=C=O)cc3)c(-c3ccccc3)c12. The van der Waals surface area contributed by atoms with Gasteiger partial charge in [0.05, 0.1) is 11.1 Å². The number of aliphatic imine (C=N–C) groups is 1. The fraction of sp³-hybridized carbons (Fsp3) is 0.174. The molecule has 0 saturated carbocycles. The van der Waals surface area contributed by atoms with Crippen molar-refractivity contribution >= 4 is 28.7 Å². The summed E-state index contributed by atoms with van der Waals surface area (Å²) in [6.45, 7) is 5.08. The second kappa shape index (κ2) is 8.09.